The van der Waals surface area contributed by atoms with E-state index in [4.69, 9.17) is 10.5 Å². The zero-order valence-electron chi connectivity index (χ0n) is 13.2. The maximum Gasteiger partial charge on any atom is 0.263 e. The molecule has 0 bridgehead atoms. The van der Waals surface area contributed by atoms with Crippen molar-refractivity contribution in [3.05, 3.63) is 28.7 Å². The largest absolute Gasteiger partial charge is 0.480 e. The van der Waals surface area contributed by atoms with Crippen molar-refractivity contribution < 1.29 is 9.53 Å². The van der Waals surface area contributed by atoms with Gasteiger partial charge in [-0.25, -0.2) is 0 Å². The molecule has 0 aliphatic carbocycles. The molecule has 1 aromatic rings. The van der Waals surface area contributed by atoms with Crippen molar-refractivity contribution in [3.8, 4) is 5.75 Å². The summed E-state index contributed by atoms with van der Waals surface area (Å²) in [6, 6.07) is 7.69. The van der Waals surface area contributed by atoms with Gasteiger partial charge in [0.25, 0.3) is 5.91 Å². The number of hydrogen-bond donors (Lipinski definition) is 1. The predicted octanol–water partition coefficient (Wildman–Crippen LogP) is 3.22. The average molecular weight is 392 g/mol. The number of ether oxygens (including phenoxy) is 1. The number of hydrogen-bond acceptors (Lipinski definition) is 3. The zero-order chi connectivity index (χ0) is 15.6. The Morgan fingerprint density at radius 3 is 2.68 bits per heavy atom. The molecule has 2 rings (SSSR count). The van der Waals surface area contributed by atoms with E-state index in [0.717, 1.165) is 10.9 Å². The number of nitrogens with two attached hydrogens (primary N) is 1. The van der Waals surface area contributed by atoms with Crippen LogP contribution in [0.25, 0.3) is 0 Å². The quantitative estimate of drug-likeness (QED) is 0.860. The Balaban J connectivity index is 0.00000242. The minimum absolute atomic E-state index is 0. The fourth-order valence-electron chi connectivity index (χ4n) is 2.60. The Labute approximate surface area is 146 Å². The van der Waals surface area contributed by atoms with Gasteiger partial charge in [0.05, 0.1) is 4.47 Å². The van der Waals surface area contributed by atoms with Gasteiger partial charge in [-0.3, -0.25) is 4.79 Å². The number of likely N-dealkylation sites (tertiary alicyclic amines) is 1. The molecule has 2 atom stereocenters. The van der Waals surface area contributed by atoms with Crippen molar-refractivity contribution in [2.45, 2.75) is 39.3 Å². The molecule has 1 aliphatic rings. The molecule has 4 nitrogen and oxygen atoms in total. The molecule has 2 N–H and O–H groups in total. The highest BCUT2D eigenvalue weighted by Crippen LogP contribution is 2.29. The van der Waals surface area contributed by atoms with Gasteiger partial charge in [0, 0.05) is 19.1 Å². The first-order valence-corrected chi connectivity index (χ1v) is 8.06. The van der Waals surface area contributed by atoms with Gasteiger partial charge in [-0.15, -0.1) is 12.4 Å². The molecule has 1 saturated heterocycles. The van der Waals surface area contributed by atoms with Crippen LogP contribution < -0.4 is 10.5 Å². The maximum absolute atomic E-state index is 12.6. The lowest BCUT2D eigenvalue weighted by molar-refractivity contribution is -0.141. The summed E-state index contributed by atoms with van der Waals surface area (Å²) in [6.07, 6.45) is 0.328. The lowest BCUT2D eigenvalue weighted by atomic mass is 9.79. The molecule has 1 aliphatic heterocycles. The van der Waals surface area contributed by atoms with Gasteiger partial charge in [0.2, 0.25) is 0 Å². The van der Waals surface area contributed by atoms with Crippen LogP contribution in [-0.4, -0.2) is 36.0 Å². The molecule has 1 heterocycles. The molecule has 6 heteroatoms. The van der Waals surface area contributed by atoms with Gasteiger partial charge in [0.15, 0.2) is 6.10 Å². The van der Waals surface area contributed by atoms with Crippen LogP contribution in [0.5, 0.6) is 5.75 Å². The summed E-state index contributed by atoms with van der Waals surface area (Å²) in [4.78, 5) is 14.4. The number of para-hydroxylation sites is 1. The molecular formula is C16H24BrClN2O2. The molecule has 1 fully saturated rings. The van der Waals surface area contributed by atoms with Gasteiger partial charge in [0.1, 0.15) is 5.75 Å². The van der Waals surface area contributed by atoms with E-state index >= 15 is 0 Å². The lowest BCUT2D eigenvalue weighted by Crippen LogP contribution is -2.56. The smallest absolute Gasteiger partial charge is 0.263 e. The van der Waals surface area contributed by atoms with Gasteiger partial charge < -0.3 is 15.4 Å². The first-order valence-electron chi connectivity index (χ1n) is 7.27. The van der Waals surface area contributed by atoms with E-state index in [1.54, 1.807) is 6.92 Å². The van der Waals surface area contributed by atoms with Crippen LogP contribution in [0.3, 0.4) is 0 Å². The molecule has 1 aromatic carbocycles. The SMILES string of the molecule is CC(Oc1ccccc1Br)C(=O)N1CCC(N)C(C)(C)C1.Cl. The highest BCUT2D eigenvalue weighted by molar-refractivity contribution is 9.10. The summed E-state index contributed by atoms with van der Waals surface area (Å²) in [6.45, 7) is 7.39. The van der Waals surface area contributed by atoms with E-state index < -0.39 is 6.10 Å². The minimum atomic E-state index is -0.506. The highest BCUT2D eigenvalue weighted by atomic mass is 79.9. The van der Waals surface area contributed by atoms with E-state index in [1.165, 1.54) is 0 Å². The summed E-state index contributed by atoms with van der Waals surface area (Å²) >= 11 is 3.43. The fraction of sp³-hybridized carbons (Fsp3) is 0.562. The van der Waals surface area contributed by atoms with Crippen molar-refractivity contribution in [1.29, 1.82) is 0 Å². The Bertz CT molecular complexity index is 525. The highest BCUT2D eigenvalue weighted by Gasteiger charge is 2.36. The van der Waals surface area contributed by atoms with Gasteiger partial charge >= 0.3 is 0 Å². The Morgan fingerprint density at radius 2 is 2.09 bits per heavy atom. The minimum Gasteiger partial charge on any atom is -0.480 e. The standard InChI is InChI=1S/C16H23BrN2O2.ClH/c1-11(21-13-7-5-4-6-12(13)17)15(20)19-9-8-14(18)16(2,3)10-19;/h4-7,11,14H,8-10,18H2,1-3H3;1H. The summed E-state index contributed by atoms with van der Waals surface area (Å²) in [5, 5.41) is 0. The van der Waals surface area contributed by atoms with Crippen LogP contribution in [0.2, 0.25) is 0 Å². The number of nitrogens with zero attached hydrogens (tertiary/aromatic N) is 1. The summed E-state index contributed by atoms with van der Waals surface area (Å²) in [5.41, 5.74) is 6.06. The van der Waals surface area contributed by atoms with Gasteiger partial charge in [-0.2, -0.15) is 0 Å². The molecule has 0 radical (unpaired) electrons. The molecule has 2 unspecified atom stereocenters. The molecular weight excluding hydrogens is 368 g/mol. The number of amides is 1. The molecule has 0 saturated carbocycles. The van der Waals surface area contributed by atoms with Crippen molar-refractivity contribution in [3.63, 3.8) is 0 Å². The third-order valence-electron chi connectivity index (χ3n) is 4.11. The van der Waals surface area contributed by atoms with Crippen molar-refractivity contribution in [2.75, 3.05) is 13.1 Å². The third kappa shape index (κ3) is 4.37. The second-order valence-corrected chi connectivity index (χ2v) is 7.19. The third-order valence-corrected chi connectivity index (χ3v) is 4.77. The van der Waals surface area contributed by atoms with E-state index in [0.29, 0.717) is 18.8 Å². The summed E-state index contributed by atoms with van der Waals surface area (Å²) in [5.74, 6) is 0.706. The second-order valence-electron chi connectivity index (χ2n) is 6.33. The number of carbonyl (C=O) groups is 1. The number of piperidine rings is 1. The molecule has 124 valence electrons. The lowest BCUT2D eigenvalue weighted by Gasteiger charge is -2.43. The van der Waals surface area contributed by atoms with Crippen LogP contribution in [0, 0.1) is 5.41 Å². The van der Waals surface area contributed by atoms with Crippen molar-refractivity contribution >= 4 is 34.2 Å². The topological polar surface area (TPSA) is 55.6 Å². The monoisotopic (exact) mass is 390 g/mol. The van der Waals surface area contributed by atoms with Crippen LogP contribution in [0.1, 0.15) is 27.2 Å². The van der Waals surface area contributed by atoms with Crippen LogP contribution in [0.4, 0.5) is 0 Å². The number of carbonyl (C=O) groups excluding carboxylic acids is 1. The van der Waals surface area contributed by atoms with Crippen molar-refractivity contribution in [2.24, 2.45) is 11.1 Å². The summed E-state index contributed by atoms with van der Waals surface area (Å²) < 4.78 is 6.64. The van der Waals surface area contributed by atoms with Crippen molar-refractivity contribution in [1.82, 2.24) is 4.90 Å². The first kappa shape index (κ1) is 19.3. The van der Waals surface area contributed by atoms with Crippen LogP contribution in [0.15, 0.2) is 28.7 Å². The van der Waals surface area contributed by atoms with Gasteiger partial charge in [-0.05, 0) is 46.8 Å². The summed E-state index contributed by atoms with van der Waals surface area (Å²) in [7, 11) is 0. The number of benzene rings is 1. The fourth-order valence-corrected chi connectivity index (χ4v) is 2.98. The van der Waals surface area contributed by atoms with E-state index in [2.05, 4.69) is 29.8 Å². The Hall–Kier alpha value is -0.780. The predicted molar refractivity (Wildman–Crippen MR) is 94.4 cm³/mol. The normalized spacial score (nSPS) is 21.7. The first-order chi connectivity index (χ1) is 9.81. The Kier molecular flexibility index (Phi) is 6.71. The molecule has 22 heavy (non-hydrogen) atoms. The van der Waals surface area contributed by atoms with Crippen LogP contribution >= 0.6 is 28.3 Å². The van der Waals surface area contributed by atoms with E-state index in [9.17, 15) is 4.79 Å². The average Bonchev–Trinajstić information content (AvgIpc) is 2.43. The van der Waals surface area contributed by atoms with E-state index in [1.807, 2.05) is 29.2 Å². The maximum atomic E-state index is 12.6. The number of halogens is 2. The van der Waals surface area contributed by atoms with E-state index in [-0.39, 0.29) is 29.8 Å². The van der Waals surface area contributed by atoms with Crippen LogP contribution in [-0.2, 0) is 4.79 Å². The molecule has 0 spiro atoms. The zero-order valence-corrected chi connectivity index (χ0v) is 15.6. The van der Waals surface area contributed by atoms with Gasteiger partial charge in [-0.1, -0.05) is 26.0 Å². The Morgan fingerprint density at radius 1 is 1.45 bits per heavy atom. The molecule has 0 aromatic heterocycles. The second kappa shape index (κ2) is 7.66. The number of rotatable bonds is 3. The molecule has 1 amide bonds.